The van der Waals surface area contributed by atoms with Gasteiger partial charge in [0.25, 0.3) is 0 Å². The van der Waals surface area contributed by atoms with Crippen molar-refractivity contribution >= 4 is 12.1 Å². The molecule has 0 saturated carbocycles. The smallest absolute Gasteiger partial charge is 0.411 e. The Hall–Kier alpha value is -1.26. The van der Waals surface area contributed by atoms with Crippen LogP contribution in [0.1, 0.15) is 40.0 Å². The van der Waals surface area contributed by atoms with Crippen LogP contribution in [0.2, 0.25) is 0 Å². The highest BCUT2D eigenvalue weighted by Crippen LogP contribution is 2.22. The maximum Gasteiger partial charge on any atom is 0.411 e. The Morgan fingerprint density at radius 2 is 2.12 bits per heavy atom. The van der Waals surface area contributed by atoms with Crippen molar-refractivity contribution in [3.63, 3.8) is 0 Å². The number of rotatable bonds is 3. The van der Waals surface area contributed by atoms with Gasteiger partial charge in [-0.1, -0.05) is 6.92 Å². The van der Waals surface area contributed by atoms with Crippen LogP contribution in [0.5, 0.6) is 0 Å². The Morgan fingerprint density at radius 3 is 2.62 bits per heavy atom. The second kappa shape index (κ2) is 4.72. The summed E-state index contributed by atoms with van der Waals surface area (Å²) in [7, 11) is 0. The van der Waals surface area contributed by atoms with Gasteiger partial charge in [-0.15, -0.1) is 0 Å². The second-order valence-corrected chi connectivity index (χ2v) is 4.67. The van der Waals surface area contributed by atoms with Gasteiger partial charge in [0, 0.05) is 6.54 Å². The second-order valence-electron chi connectivity index (χ2n) is 4.67. The van der Waals surface area contributed by atoms with Crippen LogP contribution in [0.15, 0.2) is 0 Å². The SMILES string of the molecule is CCC(C)(C)OC(=O)N1CCCC1C(=O)O. The van der Waals surface area contributed by atoms with E-state index in [0.29, 0.717) is 19.4 Å². The van der Waals surface area contributed by atoms with E-state index in [9.17, 15) is 9.59 Å². The molecule has 0 bridgehead atoms. The molecule has 1 fully saturated rings. The third-order valence-electron chi connectivity index (χ3n) is 2.99. The van der Waals surface area contributed by atoms with E-state index in [4.69, 9.17) is 9.84 Å². The van der Waals surface area contributed by atoms with Gasteiger partial charge in [0.2, 0.25) is 0 Å². The van der Waals surface area contributed by atoms with Crippen LogP contribution in [-0.4, -0.2) is 40.3 Å². The molecule has 1 amide bonds. The average Bonchev–Trinajstić information content (AvgIpc) is 2.65. The molecule has 0 aliphatic carbocycles. The van der Waals surface area contributed by atoms with Gasteiger partial charge in [-0.3, -0.25) is 4.90 Å². The zero-order valence-electron chi connectivity index (χ0n) is 10.0. The Bertz CT molecular complexity index is 288. The first-order valence-electron chi connectivity index (χ1n) is 5.60. The Balaban J connectivity index is 2.63. The molecule has 1 heterocycles. The molecule has 0 spiro atoms. The predicted octanol–water partition coefficient (Wildman–Crippen LogP) is 1.86. The highest BCUT2D eigenvalue weighted by atomic mass is 16.6. The fourth-order valence-corrected chi connectivity index (χ4v) is 1.61. The van der Waals surface area contributed by atoms with Gasteiger partial charge in [-0.2, -0.15) is 0 Å². The van der Waals surface area contributed by atoms with Crippen LogP contribution in [0.25, 0.3) is 0 Å². The molecule has 5 heteroatoms. The van der Waals surface area contributed by atoms with E-state index in [0.717, 1.165) is 6.42 Å². The van der Waals surface area contributed by atoms with Crippen LogP contribution >= 0.6 is 0 Å². The van der Waals surface area contributed by atoms with Crippen LogP contribution in [0.4, 0.5) is 4.79 Å². The zero-order valence-corrected chi connectivity index (χ0v) is 10.0. The van der Waals surface area contributed by atoms with Crippen molar-refractivity contribution in [1.29, 1.82) is 0 Å². The Kier molecular flexibility index (Phi) is 3.78. The lowest BCUT2D eigenvalue weighted by molar-refractivity contribution is -0.142. The van der Waals surface area contributed by atoms with E-state index >= 15 is 0 Å². The maximum absolute atomic E-state index is 11.8. The molecular formula is C11H19NO4. The summed E-state index contributed by atoms with van der Waals surface area (Å²) in [4.78, 5) is 24.0. The molecule has 1 aliphatic rings. The van der Waals surface area contributed by atoms with Gasteiger partial charge < -0.3 is 9.84 Å². The normalized spacial score (nSPS) is 20.9. The number of nitrogens with zero attached hydrogens (tertiary/aromatic N) is 1. The molecule has 1 N–H and O–H groups in total. The lowest BCUT2D eigenvalue weighted by Crippen LogP contribution is -2.43. The van der Waals surface area contributed by atoms with Gasteiger partial charge in [0.1, 0.15) is 11.6 Å². The number of likely N-dealkylation sites (tertiary alicyclic amines) is 1. The van der Waals surface area contributed by atoms with E-state index in [1.807, 2.05) is 20.8 Å². The summed E-state index contributed by atoms with van der Waals surface area (Å²) in [6.45, 7) is 6.02. The zero-order chi connectivity index (χ0) is 12.3. The van der Waals surface area contributed by atoms with Gasteiger partial charge in [0.05, 0.1) is 0 Å². The number of ether oxygens (including phenoxy) is 1. The van der Waals surface area contributed by atoms with Gasteiger partial charge in [0.15, 0.2) is 0 Å². The molecular weight excluding hydrogens is 210 g/mol. The van der Waals surface area contributed by atoms with Gasteiger partial charge >= 0.3 is 12.1 Å². The van der Waals surface area contributed by atoms with Gasteiger partial charge in [-0.05, 0) is 33.1 Å². The van der Waals surface area contributed by atoms with Crippen LogP contribution in [0, 0.1) is 0 Å². The summed E-state index contributed by atoms with van der Waals surface area (Å²) in [5, 5.41) is 8.94. The van der Waals surface area contributed by atoms with Crippen LogP contribution < -0.4 is 0 Å². The maximum atomic E-state index is 11.8. The van der Waals surface area contributed by atoms with Crippen molar-refractivity contribution in [3.8, 4) is 0 Å². The van der Waals surface area contributed by atoms with Crippen molar-refractivity contribution < 1.29 is 19.4 Å². The summed E-state index contributed by atoms with van der Waals surface area (Å²) in [6.07, 6.45) is 1.41. The molecule has 1 saturated heterocycles. The van der Waals surface area contributed by atoms with E-state index in [1.165, 1.54) is 4.90 Å². The number of hydrogen-bond donors (Lipinski definition) is 1. The minimum atomic E-state index is -0.955. The average molecular weight is 229 g/mol. The molecule has 0 aromatic rings. The third kappa shape index (κ3) is 2.87. The molecule has 0 aromatic heterocycles. The molecule has 1 unspecified atom stereocenters. The monoisotopic (exact) mass is 229 g/mol. The molecule has 0 aromatic carbocycles. The third-order valence-corrected chi connectivity index (χ3v) is 2.99. The number of carboxylic acid groups (broad SMARTS) is 1. The number of amides is 1. The fraction of sp³-hybridized carbons (Fsp3) is 0.818. The predicted molar refractivity (Wildman–Crippen MR) is 58.2 cm³/mol. The number of carboxylic acids is 1. The number of carbonyl (C=O) groups excluding carboxylic acids is 1. The lowest BCUT2D eigenvalue weighted by Gasteiger charge is -2.28. The summed E-state index contributed by atoms with van der Waals surface area (Å²) < 4.78 is 5.28. The Labute approximate surface area is 95.4 Å². The van der Waals surface area contributed by atoms with Crippen molar-refractivity contribution in [2.75, 3.05) is 6.54 Å². The number of hydrogen-bond acceptors (Lipinski definition) is 3. The van der Waals surface area contributed by atoms with Crippen molar-refractivity contribution in [2.24, 2.45) is 0 Å². The van der Waals surface area contributed by atoms with E-state index in [2.05, 4.69) is 0 Å². The summed E-state index contributed by atoms with van der Waals surface area (Å²) >= 11 is 0. The van der Waals surface area contributed by atoms with Crippen LogP contribution in [-0.2, 0) is 9.53 Å². The molecule has 92 valence electrons. The van der Waals surface area contributed by atoms with Crippen molar-refractivity contribution in [1.82, 2.24) is 4.90 Å². The minimum Gasteiger partial charge on any atom is -0.480 e. The van der Waals surface area contributed by atoms with E-state index in [-0.39, 0.29) is 0 Å². The molecule has 0 radical (unpaired) electrons. The first-order valence-corrected chi connectivity index (χ1v) is 5.60. The first-order chi connectivity index (χ1) is 7.37. The quantitative estimate of drug-likeness (QED) is 0.802. The minimum absolute atomic E-state index is 0.468. The first kappa shape index (κ1) is 12.8. The topological polar surface area (TPSA) is 66.8 Å². The molecule has 1 atom stereocenters. The Morgan fingerprint density at radius 1 is 1.50 bits per heavy atom. The van der Waals surface area contributed by atoms with E-state index in [1.54, 1.807) is 0 Å². The van der Waals surface area contributed by atoms with Gasteiger partial charge in [-0.25, -0.2) is 9.59 Å². The summed E-state index contributed by atoms with van der Waals surface area (Å²) in [5.41, 5.74) is -0.539. The van der Waals surface area contributed by atoms with Crippen molar-refractivity contribution in [2.45, 2.75) is 51.7 Å². The number of carbonyl (C=O) groups is 2. The fourth-order valence-electron chi connectivity index (χ4n) is 1.61. The lowest BCUT2D eigenvalue weighted by atomic mass is 10.1. The van der Waals surface area contributed by atoms with E-state index < -0.39 is 23.7 Å². The van der Waals surface area contributed by atoms with Crippen LogP contribution in [0.3, 0.4) is 0 Å². The summed E-state index contributed by atoms with van der Waals surface area (Å²) in [6, 6.07) is -0.722. The molecule has 16 heavy (non-hydrogen) atoms. The summed E-state index contributed by atoms with van der Waals surface area (Å²) in [5.74, 6) is -0.955. The molecule has 1 aliphatic heterocycles. The largest absolute Gasteiger partial charge is 0.480 e. The van der Waals surface area contributed by atoms with Crippen molar-refractivity contribution in [3.05, 3.63) is 0 Å². The molecule has 5 nitrogen and oxygen atoms in total. The highest BCUT2D eigenvalue weighted by Gasteiger charge is 2.36. The number of aliphatic carboxylic acids is 1. The molecule has 1 rings (SSSR count). The standard InChI is InChI=1S/C11H19NO4/c1-4-11(2,3)16-10(15)12-7-5-6-8(12)9(13)14/h8H,4-7H2,1-3H3,(H,13,14). The highest BCUT2D eigenvalue weighted by molar-refractivity contribution is 5.80.